The fourth-order valence-corrected chi connectivity index (χ4v) is 2.53. The molecule has 1 amide bonds. The summed E-state index contributed by atoms with van der Waals surface area (Å²) in [5.74, 6) is -3.68. The zero-order valence-corrected chi connectivity index (χ0v) is 12.7. The Bertz CT molecular complexity index is 326. The van der Waals surface area contributed by atoms with Gasteiger partial charge in [-0.05, 0) is 31.1 Å². The van der Waals surface area contributed by atoms with Gasteiger partial charge in [0.25, 0.3) is 0 Å². The maximum atomic E-state index is 13.3. The van der Waals surface area contributed by atoms with E-state index in [0.29, 0.717) is 19.3 Å². The summed E-state index contributed by atoms with van der Waals surface area (Å²) in [5.41, 5.74) is 0.121. The lowest BCUT2D eigenvalue weighted by molar-refractivity contribution is -0.133. The SMILES string of the molecule is CC(C)(C)CC[C@H](CO)NC(=O)[C@@H]1CCCC(F)(F)C1. The van der Waals surface area contributed by atoms with Crippen LogP contribution in [0.1, 0.15) is 59.3 Å². The van der Waals surface area contributed by atoms with Gasteiger partial charge < -0.3 is 10.4 Å². The topological polar surface area (TPSA) is 49.3 Å². The number of hydrogen-bond donors (Lipinski definition) is 2. The molecule has 5 heteroatoms. The van der Waals surface area contributed by atoms with Crippen LogP contribution in [0.4, 0.5) is 8.78 Å². The van der Waals surface area contributed by atoms with Crippen LogP contribution in [0, 0.1) is 11.3 Å². The van der Waals surface area contributed by atoms with Crippen molar-refractivity contribution in [2.45, 2.75) is 71.3 Å². The van der Waals surface area contributed by atoms with E-state index >= 15 is 0 Å². The van der Waals surface area contributed by atoms with Crippen LogP contribution in [0.5, 0.6) is 0 Å². The number of carbonyl (C=O) groups is 1. The van der Waals surface area contributed by atoms with Crippen LogP contribution >= 0.6 is 0 Å². The number of carbonyl (C=O) groups excluding carboxylic acids is 1. The van der Waals surface area contributed by atoms with Crippen molar-refractivity contribution in [3.63, 3.8) is 0 Å². The minimum atomic E-state index is -2.72. The third-order valence-corrected chi connectivity index (χ3v) is 3.82. The third kappa shape index (κ3) is 6.16. The molecule has 3 nitrogen and oxygen atoms in total. The number of hydrogen-bond acceptors (Lipinski definition) is 2. The first-order valence-corrected chi connectivity index (χ1v) is 7.42. The first kappa shape index (κ1) is 17.3. The van der Waals surface area contributed by atoms with Gasteiger partial charge in [-0.2, -0.15) is 0 Å². The smallest absolute Gasteiger partial charge is 0.248 e. The average molecular weight is 291 g/mol. The Balaban J connectivity index is 2.46. The van der Waals surface area contributed by atoms with Crippen molar-refractivity contribution in [1.29, 1.82) is 0 Å². The van der Waals surface area contributed by atoms with Crippen LogP contribution in [0.2, 0.25) is 0 Å². The molecule has 20 heavy (non-hydrogen) atoms. The molecule has 0 aliphatic heterocycles. The molecule has 1 aliphatic carbocycles. The fourth-order valence-electron chi connectivity index (χ4n) is 2.53. The molecular formula is C15H27F2NO2. The number of alkyl halides is 2. The molecule has 1 saturated carbocycles. The second-order valence-corrected chi connectivity index (χ2v) is 7.14. The summed E-state index contributed by atoms with van der Waals surface area (Å²) in [6, 6.07) is -0.336. The molecule has 2 atom stereocenters. The van der Waals surface area contributed by atoms with Crippen LogP contribution in [-0.2, 0) is 4.79 Å². The van der Waals surface area contributed by atoms with E-state index in [1.165, 1.54) is 0 Å². The van der Waals surface area contributed by atoms with Gasteiger partial charge in [0.15, 0.2) is 0 Å². The summed E-state index contributed by atoms with van der Waals surface area (Å²) >= 11 is 0. The van der Waals surface area contributed by atoms with Crippen LogP contribution < -0.4 is 5.32 Å². The first-order valence-electron chi connectivity index (χ1n) is 7.42. The van der Waals surface area contributed by atoms with Crippen LogP contribution in [0.25, 0.3) is 0 Å². The highest BCUT2D eigenvalue weighted by Crippen LogP contribution is 2.36. The molecular weight excluding hydrogens is 264 g/mol. The van der Waals surface area contributed by atoms with Gasteiger partial charge in [0.05, 0.1) is 12.6 Å². The largest absolute Gasteiger partial charge is 0.394 e. The van der Waals surface area contributed by atoms with Gasteiger partial charge in [-0.3, -0.25) is 4.79 Å². The number of nitrogens with one attached hydrogen (secondary N) is 1. The molecule has 0 saturated heterocycles. The Hall–Kier alpha value is -0.710. The number of amides is 1. The lowest BCUT2D eigenvalue weighted by atomic mass is 9.85. The van der Waals surface area contributed by atoms with E-state index in [-0.39, 0.29) is 36.8 Å². The molecule has 1 fully saturated rings. The van der Waals surface area contributed by atoms with Crippen molar-refractivity contribution in [2.24, 2.45) is 11.3 Å². The van der Waals surface area contributed by atoms with Gasteiger partial charge in [-0.15, -0.1) is 0 Å². The highest BCUT2D eigenvalue weighted by atomic mass is 19.3. The van der Waals surface area contributed by atoms with Crippen molar-refractivity contribution < 1.29 is 18.7 Å². The minimum absolute atomic E-state index is 0.121. The number of halogens is 2. The van der Waals surface area contributed by atoms with Gasteiger partial charge in [0, 0.05) is 18.8 Å². The van der Waals surface area contributed by atoms with Crippen molar-refractivity contribution in [2.75, 3.05) is 6.61 Å². The fraction of sp³-hybridized carbons (Fsp3) is 0.933. The lowest BCUT2D eigenvalue weighted by Crippen LogP contribution is -2.44. The molecule has 1 rings (SSSR count). The van der Waals surface area contributed by atoms with E-state index in [1.54, 1.807) is 0 Å². The summed E-state index contributed by atoms with van der Waals surface area (Å²) in [4.78, 5) is 12.0. The Morgan fingerprint density at radius 1 is 1.45 bits per heavy atom. The maximum Gasteiger partial charge on any atom is 0.248 e. The van der Waals surface area contributed by atoms with Gasteiger partial charge in [-0.1, -0.05) is 20.8 Å². The molecule has 0 spiro atoms. The molecule has 0 unspecified atom stereocenters. The van der Waals surface area contributed by atoms with Gasteiger partial charge >= 0.3 is 0 Å². The molecule has 2 N–H and O–H groups in total. The highest BCUT2D eigenvalue weighted by Gasteiger charge is 2.39. The number of aliphatic hydroxyl groups is 1. The second-order valence-electron chi connectivity index (χ2n) is 7.14. The zero-order chi connectivity index (χ0) is 15.4. The normalized spacial score (nSPS) is 24.2. The first-order chi connectivity index (χ1) is 9.13. The van der Waals surface area contributed by atoms with Crippen molar-refractivity contribution in [3.05, 3.63) is 0 Å². The third-order valence-electron chi connectivity index (χ3n) is 3.82. The molecule has 0 aromatic heterocycles. The van der Waals surface area contributed by atoms with E-state index in [9.17, 15) is 18.7 Å². The van der Waals surface area contributed by atoms with Gasteiger partial charge in [0.1, 0.15) is 0 Å². The molecule has 118 valence electrons. The maximum absolute atomic E-state index is 13.3. The average Bonchev–Trinajstić information content (AvgIpc) is 2.31. The zero-order valence-electron chi connectivity index (χ0n) is 12.7. The van der Waals surface area contributed by atoms with E-state index in [2.05, 4.69) is 26.1 Å². The molecule has 1 aliphatic rings. The lowest BCUT2D eigenvalue weighted by Gasteiger charge is -2.30. The Morgan fingerprint density at radius 3 is 2.60 bits per heavy atom. The van der Waals surface area contributed by atoms with Crippen molar-refractivity contribution in [3.8, 4) is 0 Å². The summed E-state index contributed by atoms with van der Waals surface area (Å²) in [5, 5.41) is 12.0. The standard InChI is InChI=1S/C15H27F2NO2/c1-14(2,3)8-6-12(10-19)18-13(20)11-5-4-7-15(16,17)9-11/h11-12,19H,4-10H2,1-3H3,(H,18,20)/t11-,12-/m1/s1. The summed E-state index contributed by atoms with van der Waals surface area (Å²) in [6.07, 6.45) is 1.93. The van der Waals surface area contributed by atoms with Crippen molar-refractivity contribution >= 4 is 5.91 Å². The Labute approximate surface area is 120 Å². The Morgan fingerprint density at radius 2 is 2.10 bits per heavy atom. The summed E-state index contributed by atoms with van der Waals surface area (Å²) < 4.78 is 26.6. The number of aliphatic hydroxyl groups excluding tert-OH is 1. The second kappa shape index (κ2) is 6.83. The Kier molecular flexibility index (Phi) is 5.92. The number of rotatable bonds is 5. The predicted molar refractivity (Wildman–Crippen MR) is 74.6 cm³/mol. The highest BCUT2D eigenvalue weighted by molar-refractivity contribution is 5.79. The van der Waals surface area contributed by atoms with E-state index in [1.807, 2.05) is 0 Å². The molecule has 0 radical (unpaired) electrons. The van der Waals surface area contributed by atoms with Crippen LogP contribution in [0.3, 0.4) is 0 Å². The molecule has 0 bridgehead atoms. The van der Waals surface area contributed by atoms with Crippen molar-refractivity contribution in [1.82, 2.24) is 5.32 Å². The van der Waals surface area contributed by atoms with Gasteiger partial charge in [0.2, 0.25) is 11.8 Å². The molecule has 0 aromatic rings. The summed E-state index contributed by atoms with van der Waals surface area (Å²) in [6.45, 7) is 6.12. The van der Waals surface area contributed by atoms with E-state index < -0.39 is 11.8 Å². The van der Waals surface area contributed by atoms with Crippen LogP contribution in [-0.4, -0.2) is 29.6 Å². The predicted octanol–water partition coefficient (Wildman–Crippen LogP) is 3.12. The molecule has 0 aromatic carbocycles. The van der Waals surface area contributed by atoms with Gasteiger partial charge in [-0.25, -0.2) is 8.78 Å². The quantitative estimate of drug-likeness (QED) is 0.817. The van der Waals surface area contributed by atoms with E-state index in [0.717, 1.165) is 6.42 Å². The minimum Gasteiger partial charge on any atom is -0.394 e. The monoisotopic (exact) mass is 291 g/mol. The molecule has 0 heterocycles. The van der Waals surface area contributed by atoms with Crippen LogP contribution in [0.15, 0.2) is 0 Å². The summed E-state index contributed by atoms with van der Waals surface area (Å²) in [7, 11) is 0. The van der Waals surface area contributed by atoms with E-state index in [4.69, 9.17) is 0 Å².